The third kappa shape index (κ3) is 4.98. The lowest BCUT2D eigenvalue weighted by Gasteiger charge is -2.14. The number of thioether (sulfide) groups is 1. The van der Waals surface area contributed by atoms with Gasteiger partial charge < -0.3 is 18.9 Å². The minimum atomic E-state index is -0.882. The fraction of sp³-hybridized carbons (Fsp3) is 0.115. The monoisotopic (exact) mass is 541 g/mol. The number of halogens is 2. The fourth-order valence-corrected chi connectivity index (χ4v) is 4.73. The highest BCUT2D eigenvalue weighted by Gasteiger charge is 2.36. The smallest absolute Gasteiger partial charge is 0.346 e. The van der Waals surface area contributed by atoms with Gasteiger partial charge in [0.25, 0.3) is 11.1 Å². The topological polar surface area (TPSA) is 91.4 Å². The first kappa shape index (κ1) is 24.7. The molecule has 1 fully saturated rings. The Kier molecular flexibility index (Phi) is 6.77. The lowest BCUT2D eigenvalue weighted by atomic mass is 10.1. The van der Waals surface area contributed by atoms with Crippen molar-refractivity contribution in [3.05, 3.63) is 87.0 Å². The fourth-order valence-electron chi connectivity index (χ4n) is 3.68. The molecule has 5 rings (SSSR count). The highest BCUT2D eigenvalue weighted by atomic mass is 35.5. The lowest BCUT2D eigenvalue weighted by Crippen LogP contribution is -2.27. The Balaban J connectivity index is 1.34. The van der Waals surface area contributed by atoms with E-state index in [2.05, 4.69) is 0 Å². The summed E-state index contributed by atoms with van der Waals surface area (Å²) in [7, 11) is 1.38. The van der Waals surface area contributed by atoms with Crippen molar-refractivity contribution >= 4 is 46.6 Å². The first-order valence-corrected chi connectivity index (χ1v) is 12.0. The highest BCUT2D eigenvalue weighted by Crippen LogP contribution is 2.40. The Morgan fingerprint density at radius 2 is 1.86 bits per heavy atom. The molecule has 0 saturated carbocycles. The molecule has 0 atom stereocenters. The molecule has 2 aliphatic rings. The lowest BCUT2D eigenvalue weighted by molar-refractivity contribution is -0.123. The van der Waals surface area contributed by atoms with Gasteiger partial charge in [0.1, 0.15) is 5.82 Å². The van der Waals surface area contributed by atoms with Gasteiger partial charge >= 0.3 is 5.97 Å². The van der Waals surface area contributed by atoms with Crippen molar-refractivity contribution in [2.24, 2.45) is 0 Å². The van der Waals surface area contributed by atoms with Gasteiger partial charge in [-0.15, -0.1) is 0 Å². The Bertz CT molecular complexity index is 1480. The number of fused-ring (bicyclic) bond motifs is 1. The van der Waals surface area contributed by atoms with Crippen LogP contribution in [0.15, 0.2) is 59.5 Å². The minimum Gasteiger partial charge on any atom is -0.493 e. The molecule has 11 heteroatoms. The van der Waals surface area contributed by atoms with Crippen molar-refractivity contribution in [1.29, 1.82) is 0 Å². The summed E-state index contributed by atoms with van der Waals surface area (Å²) in [4.78, 5) is 39.3. The Labute approximate surface area is 219 Å². The summed E-state index contributed by atoms with van der Waals surface area (Å²) in [5.74, 6) is -0.834. The molecule has 2 heterocycles. The molecule has 188 valence electrons. The van der Waals surface area contributed by atoms with Crippen molar-refractivity contribution in [3.8, 4) is 23.0 Å². The summed E-state index contributed by atoms with van der Waals surface area (Å²) < 4.78 is 35.2. The largest absolute Gasteiger partial charge is 0.493 e. The van der Waals surface area contributed by atoms with Crippen molar-refractivity contribution in [3.63, 3.8) is 0 Å². The number of imide groups is 1. The predicted octanol–water partition coefficient (Wildman–Crippen LogP) is 5.67. The molecule has 0 spiro atoms. The van der Waals surface area contributed by atoms with Gasteiger partial charge in [-0.2, -0.15) is 0 Å². The van der Waals surface area contributed by atoms with E-state index in [0.29, 0.717) is 27.6 Å². The van der Waals surface area contributed by atoms with Crippen molar-refractivity contribution in [2.75, 3.05) is 13.9 Å². The van der Waals surface area contributed by atoms with Crippen LogP contribution >= 0.6 is 23.4 Å². The summed E-state index contributed by atoms with van der Waals surface area (Å²) >= 11 is 7.09. The number of benzene rings is 3. The Morgan fingerprint density at radius 3 is 2.62 bits per heavy atom. The normalized spacial score (nSPS) is 15.4. The summed E-state index contributed by atoms with van der Waals surface area (Å²) in [5.41, 5.74) is 0.844. The third-order valence-electron chi connectivity index (χ3n) is 5.53. The number of nitrogens with zero attached hydrogens (tertiary/aromatic N) is 1. The van der Waals surface area contributed by atoms with Gasteiger partial charge in [-0.1, -0.05) is 29.8 Å². The number of rotatable bonds is 6. The zero-order valence-corrected chi connectivity index (χ0v) is 20.7. The van der Waals surface area contributed by atoms with E-state index in [-0.39, 0.29) is 35.3 Å². The zero-order valence-electron chi connectivity index (χ0n) is 19.2. The van der Waals surface area contributed by atoms with E-state index in [1.54, 1.807) is 18.2 Å². The van der Waals surface area contributed by atoms with E-state index < -0.39 is 22.9 Å². The molecule has 0 aromatic heterocycles. The zero-order chi connectivity index (χ0) is 26.1. The van der Waals surface area contributed by atoms with Crippen LogP contribution < -0.4 is 18.9 Å². The molecule has 0 N–H and O–H groups in total. The maximum absolute atomic E-state index is 13.9. The molecule has 0 radical (unpaired) electrons. The van der Waals surface area contributed by atoms with Crippen LogP contribution in [0.25, 0.3) is 6.08 Å². The van der Waals surface area contributed by atoms with Gasteiger partial charge in [0.05, 0.1) is 24.1 Å². The minimum absolute atomic E-state index is 0.0360. The van der Waals surface area contributed by atoms with E-state index in [9.17, 15) is 18.8 Å². The van der Waals surface area contributed by atoms with Crippen molar-refractivity contribution in [2.45, 2.75) is 6.54 Å². The van der Waals surface area contributed by atoms with Crippen LogP contribution in [0.4, 0.5) is 9.18 Å². The van der Waals surface area contributed by atoms with Gasteiger partial charge in [0, 0.05) is 11.1 Å². The van der Waals surface area contributed by atoms with Gasteiger partial charge in [-0.05, 0) is 59.3 Å². The van der Waals surface area contributed by atoms with Crippen LogP contribution in [0.3, 0.4) is 0 Å². The van der Waals surface area contributed by atoms with Gasteiger partial charge in [0.2, 0.25) is 6.79 Å². The van der Waals surface area contributed by atoms with Crippen molar-refractivity contribution in [1.82, 2.24) is 4.90 Å². The number of carbonyl (C=O) groups excluding carboxylic acids is 3. The van der Waals surface area contributed by atoms with E-state index >= 15 is 0 Å². The maximum atomic E-state index is 13.9. The summed E-state index contributed by atoms with van der Waals surface area (Å²) in [6.07, 6.45) is 1.52. The molecule has 3 aromatic rings. The van der Waals surface area contributed by atoms with Crippen LogP contribution in [0.1, 0.15) is 21.5 Å². The van der Waals surface area contributed by atoms with Crippen LogP contribution in [0.2, 0.25) is 5.02 Å². The second kappa shape index (κ2) is 10.2. The van der Waals surface area contributed by atoms with Gasteiger partial charge in [0.15, 0.2) is 23.0 Å². The average molecular weight is 542 g/mol. The molecule has 2 aliphatic heterocycles. The second-order valence-electron chi connectivity index (χ2n) is 7.84. The maximum Gasteiger partial charge on any atom is 0.346 e. The number of carbonyl (C=O) groups is 3. The summed E-state index contributed by atoms with van der Waals surface area (Å²) in [6, 6.07) is 13.3. The molecular weight excluding hydrogens is 525 g/mol. The Hall–Kier alpha value is -4.02. The Morgan fingerprint density at radius 1 is 1.11 bits per heavy atom. The van der Waals surface area contributed by atoms with E-state index in [1.165, 1.54) is 43.5 Å². The quantitative estimate of drug-likeness (QED) is 0.224. The number of esters is 1. The van der Waals surface area contributed by atoms with E-state index in [4.69, 9.17) is 30.5 Å². The van der Waals surface area contributed by atoms with Crippen molar-refractivity contribution < 1.29 is 37.7 Å². The van der Waals surface area contributed by atoms with Crippen LogP contribution in [-0.4, -0.2) is 35.9 Å². The molecular formula is C26H17ClFNO7S. The molecule has 1 saturated heterocycles. The number of ether oxygens (including phenoxy) is 4. The molecule has 0 unspecified atom stereocenters. The number of amides is 2. The highest BCUT2D eigenvalue weighted by molar-refractivity contribution is 8.18. The van der Waals surface area contributed by atoms with Crippen LogP contribution in [-0.2, 0) is 11.3 Å². The first-order chi connectivity index (χ1) is 17.8. The first-order valence-electron chi connectivity index (χ1n) is 10.8. The molecule has 3 aromatic carbocycles. The molecule has 0 bridgehead atoms. The number of methoxy groups -OCH3 is 1. The molecule has 37 heavy (non-hydrogen) atoms. The van der Waals surface area contributed by atoms with E-state index in [1.807, 2.05) is 0 Å². The second-order valence-corrected chi connectivity index (χ2v) is 9.24. The summed E-state index contributed by atoms with van der Waals surface area (Å²) in [6.45, 7) is 0.0375. The predicted molar refractivity (Wildman–Crippen MR) is 133 cm³/mol. The average Bonchev–Trinajstić information content (AvgIpc) is 3.44. The molecule has 8 nitrogen and oxygen atoms in total. The van der Waals surface area contributed by atoms with Gasteiger partial charge in [-0.3, -0.25) is 14.5 Å². The third-order valence-corrected chi connectivity index (χ3v) is 6.78. The summed E-state index contributed by atoms with van der Waals surface area (Å²) in [5, 5.41) is -0.107. The SMILES string of the molecule is COc1cc(/C=C2\SC(=O)N(Cc3cc4c(cc3Cl)OCO4)C2=O)ccc1OC(=O)c1ccccc1F. The standard InChI is InChI=1S/C26H17ClFNO7S/c1-33-20-8-14(6-7-19(20)36-25(31)16-4-2-3-5-18(16)28)9-23-24(30)29(26(32)37-23)12-15-10-21-22(11-17(15)27)35-13-34-21/h2-11H,12-13H2,1H3/b23-9-. The molecule has 2 amide bonds. The number of hydrogen-bond acceptors (Lipinski definition) is 8. The molecule has 0 aliphatic carbocycles. The van der Waals surface area contributed by atoms with Gasteiger partial charge in [-0.25, -0.2) is 9.18 Å². The van der Waals surface area contributed by atoms with Crippen LogP contribution in [0.5, 0.6) is 23.0 Å². The van der Waals surface area contributed by atoms with Crippen LogP contribution in [0, 0.1) is 5.82 Å². The number of hydrogen-bond donors (Lipinski definition) is 0. The van der Waals surface area contributed by atoms with E-state index in [0.717, 1.165) is 22.7 Å².